The highest BCUT2D eigenvalue weighted by Gasteiger charge is 2.22. The number of pyridine rings is 1. The molecule has 1 amide bonds. The van der Waals surface area contributed by atoms with Crippen LogP contribution in [0.4, 0.5) is 0 Å². The summed E-state index contributed by atoms with van der Waals surface area (Å²) in [5.74, 6) is 0.0131. The molecule has 1 N–H and O–H groups in total. The van der Waals surface area contributed by atoms with Crippen molar-refractivity contribution < 1.29 is 4.79 Å². The summed E-state index contributed by atoms with van der Waals surface area (Å²) in [6.07, 6.45) is 1.90. The minimum Gasteiger partial charge on any atom is -0.349 e. The average molecular weight is 422 g/mol. The Morgan fingerprint density at radius 1 is 0.844 bits per heavy atom. The van der Waals surface area contributed by atoms with Crippen molar-refractivity contribution in [3.8, 4) is 11.1 Å². The number of benzene rings is 3. The molecule has 0 unspecified atom stereocenters. The molecule has 2 heterocycles. The Labute approximate surface area is 188 Å². The third kappa shape index (κ3) is 4.56. The lowest BCUT2D eigenvalue weighted by molar-refractivity contribution is 0.0909. The number of nitrogens with zero attached hydrogens (tertiary/aromatic N) is 2. The van der Waals surface area contributed by atoms with Gasteiger partial charge < -0.3 is 5.32 Å². The number of amides is 1. The summed E-state index contributed by atoms with van der Waals surface area (Å²) in [6.45, 7) is 2.77. The fourth-order valence-electron chi connectivity index (χ4n) is 4.47. The summed E-state index contributed by atoms with van der Waals surface area (Å²) < 4.78 is 0. The highest BCUT2D eigenvalue weighted by molar-refractivity contribution is 6.01. The zero-order chi connectivity index (χ0) is 21.8. The summed E-state index contributed by atoms with van der Waals surface area (Å²) >= 11 is 0. The Morgan fingerprint density at radius 2 is 1.56 bits per heavy atom. The summed E-state index contributed by atoms with van der Waals surface area (Å²) in [5.41, 5.74) is 4.93. The predicted octanol–water partition coefficient (Wildman–Crippen LogP) is 5.30. The number of hydrogen-bond acceptors (Lipinski definition) is 3. The molecule has 1 aliphatic heterocycles. The van der Waals surface area contributed by atoms with Crippen LogP contribution in [-0.4, -0.2) is 34.9 Å². The second-order valence-electron chi connectivity index (χ2n) is 8.43. The van der Waals surface area contributed by atoms with Crippen molar-refractivity contribution in [3.63, 3.8) is 0 Å². The zero-order valence-corrected chi connectivity index (χ0v) is 18.1. The van der Waals surface area contributed by atoms with Crippen molar-refractivity contribution in [2.45, 2.75) is 25.4 Å². The minimum atomic E-state index is 0.0131. The first-order valence-corrected chi connectivity index (χ1v) is 11.3. The number of hydrogen-bond donors (Lipinski definition) is 1. The van der Waals surface area contributed by atoms with Crippen LogP contribution >= 0.6 is 0 Å². The predicted molar refractivity (Wildman–Crippen MR) is 129 cm³/mol. The van der Waals surface area contributed by atoms with E-state index in [0.29, 0.717) is 0 Å². The molecule has 1 aromatic heterocycles. The molecule has 4 aromatic rings. The Hall–Kier alpha value is -3.50. The number of carbonyl (C=O) groups is 1. The summed E-state index contributed by atoms with van der Waals surface area (Å²) in [4.78, 5) is 20.3. The van der Waals surface area contributed by atoms with Gasteiger partial charge in [-0.05, 0) is 42.2 Å². The maximum absolute atomic E-state index is 13.1. The lowest BCUT2D eigenvalue weighted by atomic mass is 9.98. The molecule has 0 saturated carbocycles. The van der Waals surface area contributed by atoms with E-state index in [1.54, 1.807) is 0 Å². The molecule has 3 aromatic carbocycles. The lowest BCUT2D eigenvalue weighted by Crippen LogP contribution is -2.44. The van der Waals surface area contributed by atoms with E-state index >= 15 is 0 Å². The van der Waals surface area contributed by atoms with Gasteiger partial charge >= 0.3 is 0 Å². The molecule has 1 fully saturated rings. The van der Waals surface area contributed by atoms with Gasteiger partial charge in [0, 0.05) is 36.6 Å². The number of rotatable bonds is 5. The third-order valence-electron chi connectivity index (χ3n) is 6.22. The van der Waals surface area contributed by atoms with Crippen LogP contribution in [0.25, 0.3) is 22.0 Å². The first-order valence-electron chi connectivity index (χ1n) is 11.3. The molecule has 4 heteroatoms. The van der Waals surface area contributed by atoms with Crippen molar-refractivity contribution in [2.24, 2.45) is 0 Å². The highest BCUT2D eigenvalue weighted by Crippen LogP contribution is 2.24. The molecule has 160 valence electrons. The smallest absolute Gasteiger partial charge is 0.252 e. The van der Waals surface area contributed by atoms with Crippen molar-refractivity contribution in [1.29, 1.82) is 0 Å². The SMILES string of the molecule is O=C(NC1CCN(Cc2ccc3ccccc3n2)CC1)c1ccccc1-c1ccccc1. The molecule has 0 spiro atoms. The number of likely N-dealkylation sites (tertiary alicyclic amines) is 1. The second kappa shape index (κ2) is 9.33. The van der Waals surface area contributed by atoms with Gasteiger partial charge in [-0.2, -0.15) is 0 Å². The number of nitrogens with one attached hydrogen (secondary N) is 1. The number of piperidine rings is 1. The third-order valence-corrected chi connectivity index (χ3v) is 6.22. The Morgan fingerprint density at radius 3 is 2.41 bits per heavy atom. The molecule has 4 nitrogen and oxygen atoms in total. The van der Waals surface area contributed by atoms with Gasteiger partial charge in [0.25, 0.3) is 5.91 Å². The number of aromatic nitrogens is 1. The van der Waals surface area contributed by atoms with E-state index in [9.17, 15) is 4.79 Å². The maximum Gasteiger partial charge on any atom is 0.252 e. The Balaban J connectivity index is 1.20. The fraction of sp³-hybridized carbons (Fsp3) is 0.214. The molecule has 0 aliphatic carbocycles. The molecule has 0 radical (unpaired) electrons. The van der Waals surface area contributed by atoms with E-state index in [2.05, 4.69) is 34.5 Å². The number of carbonyl (C=O) groups excluding carboxylic acids is 1. The number of fused-ring (bicyclic) bond motifs is 1. The van der Waals surface area contributed by atoms with E-state index in [1.165, 1.54) is 5.39 Å². The largest absolute Gasteiger partial charge is 0.349 e. The first-order chi connectivity index (χ1) is 15.8. The summed E-state index contributed by atoms with van der Waals surface area (Å²) in [6, 6.07) is 30.6. The van der Waals surface area contributed by atoms with Crippen molar-refractivity contribution >= 4 is 16.8 Å². The molecular weight excluding hydrogens is 394 g/mol. The van der Waals surface area contributed by atoms with Gasteiger partial charge in [0.2, 0.25) is 0 Å². The van der Waals surface area contributed by atoms with Crippen molar-refractivity contribution in [1.82, 2.24) is 15.2 Å². The number of para-hydroxylation sites is 1. The van der Waals surface area contributed by atoms with Crippen molar-refractivity contribution in [3.05, 3.63) is 102 Å². The van der Waals surface area contributed by atoms with E-state index in [-0.39, 0.29) is 11.9 Å². The van der Waals surface area contributed by atoms with Gasteiger partial charge in [0.15, 0.2) is 0 Å². The van der Waals surface area contributed by atoms with Gasteiger partial charge in [0.1, 0.15) is 0 Å². The van der Waals surface area contributed by atoms with Gasteiger partial charge in [-0.15, -0.1) is 0 Å². The molecule has 0 atom stereocenters. The van der Waals surface area contributed by atoms with E-state index in [4.69, 9.17) is 4.98 Å². The Bertz CT molecular complexity index is 1210. The van der Waals surface area contributed by atoms with Gasteiger partial charge in [-0.25, -0.2) is 0 Å². The molecule has 1 saturated heterocycles. The summed E-state index contributed by atoms with van der Waals surface area (Å²) in [7, 11) is 0. The molecule has 32 heavy (non-hydrogen) atoms. The van der Waals surface area contributed by atoms with Crippen LogP contribution in [-0.2, 0) is 6.54 Å². The molecule has 0 bridgehead atoms. The molecular formula is C28H27N3O. The van der Waals surface area contributed by atoms with E-state index < -0.39 is 0 Å². The van der Waals surface area contributed by atoms with Crippen LogP contribution in [0.2, 0.25) is 0 Å². The van der Waals surface area contributed by atoms with Crippen LogP contribution in [0, 0.1) is 0 Å². The topological polar surface area (TPSA) is 45.2 Å². The first kappa shape index (κ1) is 20.4. The quantitative estimate of drug-likeness (QED) is 0.476. The van der Waals surface area contributed by atoms with E-state index in [1.807, 2.05) is 66.7 Å². The molecule has 1 aliphatic rings. The highest BCUT2D eigenvalue weighted by atomic mass is 16.1. The second-order valence-corrected chi connectivity index (χ2v) is 8.43. The average Bonchev–Trinajstić information content (AvgIpc) is 2.86. The van der Waals surface area contributed by atoms with Crippen LogP contribution in [0.15, 0.2) is 91.0 Å². The Kier molecular flexibility index (Phi) is 5.95. The lowest BCUT2D eigenvalue weighted by Gasteiger charge is -2.32. The zero-order valence-electron chi connectivity index (χ0n) is 18.1. The van der Waals surface area contributed by atoms with Crippen LogP contribution < -0.4 is 5.32 Å². The van der Waals surface area contributed by atoms with Gasteiger partial charge in [-0.1, -0.05) is 72.8 Å². The fourth-order valence-corrected chi connectivity index (χ4v) is 4.47. The van der Waals surface area contributed by atoms with Crippen LogP contribution in [0.5, 0.6) is 0 Å². The van der Waals surface area contributed by atoms with Crippen LogP contribution in [0.3, 0.4) is 0 Å². The van der Waals surface area contributed by atoms with Gasteiger partial charge in [-0.3, -0.25) is 14.7 Å². The monoisotopic (exact) mass is 421 g/mol. The standard InChI is InChI=1S/C28H27N3O/c32-28(26-12-6-5-11-25(26)21-8-2-1-3-9-21)30-23-16-18-31(19-17-23)20-24-15-14-22-10-4-7-13-27(22)29-24/h1-15,23H,16-20H2,(H,30,32). The van der Waals surface area contributed by atoms with E-state index in [0.717, 1.165) is 60.4 Å². The van der Waals surface area contributed by atoms with Gasteiger partial charge in [0.05, 0.1) is 11.2 Å². The summed E-state index contributed by atoms with van der Waals surface area (Å²) in [5, 5.41) is 4.45. The maximum atomic E-state index is 13.1. The molecule has 5 rings (SSSR count). The normalized spacial score (nSPS) is 15.0. The van der Waals surface area contributed by atoms with Crippen molar-refractivity contribution in [2.75, 3.05) is 13.1 Å². The minimum absolute atomic E-state index is 0.0131. The van der Waals surface area contributed by atoms with Crippen LogP contribution in [0.1, 0.15) is 28.9 Å².